The van der Waals surface area contributed by atoms with Gasteiger partial charge in [-0.1, -0.05) is 54.6 Å². The van der Waals surface area contributed by atoms with E-state index in [0.29, 0.717) is 0 Å². The van der Waals surface area contributed by atoms with Gasteiger partial charge in [0.15, 0.2) is 5.78 Å². The molecule has 0 aliphatic carbocycles. The number of hydrogen-bond donors (Lipinski definition) is 0. The molecule has 2 heteroatoms. The van der Waals surface area contributed by atoms with Crippen LogP contribution in [0, 0.1) is 6.42 Å². The highest BCUT2D eigenvalue weighted by Crippen LogP contribution is 2.14. The van der Waals surface area contributed by atoms with Crippen molar-refractivity contribution < 1.29 is 4.79 Å². The van der Waals surface area contributed by atoms with Crippen LogP contribution in [0.3, 0.4) is 0 Å². The lowest BCUT2D eigenvalue weighted by Gasteiger charge is -2.14. The van der Waals surface area contributed by atoms with Crippen molar-refractivity contribution in [3.8, 4) is 0 Å². The summed E-state index contributed by atoms with van der Waals surface area (Å²) in [5, 5.41) is 0. The quantitative estimate of drug-likeness (QED) is 0.789. The van der Waals surface area contributed by atoms with E-state index in [1.807, 2.05) is 42.5 Å². The zero-order valence-electron chi connectivity index (χ0n) is 11.5. The number of ketones is 1. The van der Waals surface area contributed by atoms with Gasteiger partial charge < -0.3 is 0 Å². The van der Waals surface area contributed by atoms with Crippen LogP contribution in [0.2, 0.25) is 0 Å². The summed E-state index contributed by atoms with van der Waals surface area (Å²) < 4.78 is 0. The molecule has 1 aliphatic rings. The minimum Gasteiger partial charge on any atom is -0.299 e. The molecule has 0 amide bonds. The highest BCUT2D eigenvalue weighted by atomic mass is 16.1. The molecule has 0 saturated carbocycles. The first-order chi connectivity index (χ1) is 9.83. The third kappa shape index (κ3) is 2.97. The molecule has 0 bridgehead atoms. The lowest BCUT2D eigenvalue weighted by molar-refractivity contribution is 0.103. The molecule has 2 aromatic rings. The predicted octanol–water partition coefficient (Wildman–Crippen LogP) is 3.33. The molecule has 1 saturated heterocycles. The van der Waals surface area contributed by atoms with Gasteiger partial charge in [-0.05, 0) is 24.9 Å². The third-order valence-corrected chi connectivity index (χ3v) is 3.70. The van der Waals surface area contributed by atoms with Crippen LogP contribution in [-0.2, 0) is 6.54 Å². The smallest absolute Gasteiger partial charge is 0.193 e. The Morgan fingerprint density at radius 2 is 1.65 bits per heavy atom. The first-order valence-electron chi connectivity index (χ1n) is 7.05. The van der Waals surface area contributed by atoms with Crippen LogP contribution < -0.4 is 0 Å². The highest BCUT2D eigenvalue weighted by Gasteiger charge is 2.12. The summed E-state index contributed by atoms with van der Waals surface area (Å²) in [4.78, 5) is 14.7. The molecule has 3 rings (SSSR count). The van der Waals surface area contributed by atoms with E-state index in [0.717, 1.165) is 30.8 Å². The largest absolute Gasteiger partial charge is 0.299 e. The maximum absolute atomic E-state index is 12.3. The zero-order valence-corrected chi connectivity index (χ0v) is 11.5. The van der Waals surface area contributed by atoms with Gasteiger partial charge in [0.25, 0.3) is 0 Å². The Kier molecular flexibility index (Phi) is 3.93. The van der Waals surface area contributed by atoms with Crippen LogP contribution in [0.15, 0.2) is 54.6 Å². The zero-order chi connectivity index (χ0) is 13.8. The summed E-state index contributed by atoms with van der Waals surface area (Å²) in [6.07, 6.45) is 3.50. The summed E-state index contributed by atoms with van der Waals surface area (Å²) >= 11 is 0. The van der Waals surface area contributed by atoms with Gasteiger partial charge in [0.1, 0.15) is 0 Å². The fourth-order valence-electron chi connectivity index (χ4n) is 2.56. The third-order valence-electron chi connectivity index (χ3n) is 3.70. The van der Waals surface area contributed by atoms with Crippen molar-refractivity contribution in [2.75, 3.05) is 13.1 Å². The summed E-state index contributed by atoms with van der Waals surface area (Å²) in [7, 11) is 0. The van der Waals surface area contributed by atoms with Gasteiger partial charge in [-0.2, -0.15) is 0 Å². The molecule has 0 spiro atoms. The van der Waals surface area contributed by atoms with Crippen molar-refractivity contribution in [1.82, 2.24) is 4.90 Å². The topological polar surface area (TPSA) is 20.3 Å². The molecule has 0 aromatic heterocycles. The van der Waals surface area contributed by atoms with Crippen molar-refractivity contribution in [2.24, 2.45) is 0 Å². The van der Waals surface area contributed by atoms with E-state index in [2.05, 4.69) is 23.5 Å². The lowest BCUT2D eigenvalue weighted by atomic mass is 10.0. The number of carbonyl (C=O) groups is 1. The van der Waals surface area contributed by atoms with Crippen LogP contribution in [0.25, 0.3) is 0 Å². The Labute approximate surface area is 120 Å². The molecule has 0 N–H and O–H groups in total. The van der Waals surface area contributed by atoms with E-state index in [1.54, 1.807) is 0 Å². The first kappa shape index (κ1) is 13.1. The molecule has 0 atom stereocenters. The summed E-state index contributed by atoms with van der Waals surface area (Å²) in [6.45, 7) is 3.19. The molecule has 1 aliphatic heterocycles. The van der Waals surface area contributed by atoms with Gasteiger partial charge in [-0.25, -0.2) is 0 Å². The van der Waals surface area contributed by atoms with E-state index >= 15 is 0 Å². The number of carbonyl (C=O) groups excluding carboxylic acids is 1. The van der Waals surface area contributed by atoms with Crippen molar-refractivity contribution in [3.05, 3.63) is 77.7 Å². The highest BCUT2D eigenvalue weighted by molar-refractivity contribution is 6.08. The average molecular weight is 264 g/mol. The fraction of sp³-hybridized carbons (Fsp3) is 0.222. The number of hydrogen-bond acceptors (Lipinski definition) is 2. The Morgan fingerprint density at radius 3 is 2.30 bits per heavy atom. The van der Waals surface area contributed by atoms with Gasteiger partial charge in [-0.15, -0.1) is 0 Å². The number of benzene rings is 2. The standard InChI is InChI=1S/C18H18NO/c20-18(16-6-2-1-3-7-16)17-10-8-15(9-11-17)14-19-12-4-5-13-19/h1-4,6-11H,5,12-14H2. The van der Waals surface area contributed by atoms with Crippen molar-refractivity contribution in [3.63, 3.8) is 0 Å². The summed E-state index contributed by atoms with van der Waals surface area (Å²) in [6, 6.07) is 17.4. The van der Waals surface area contributed by atoms with Crippen LogP contribution in [-0.4, -0.2) is 23.8 Å². The number of rotatable bonds is 4. The molecule has 1 fully saturated rings. The second kappa shape index (κ2) is 6.02. The van der Waals surface area contributed by atoms with Crippen molar-refractivity contribution in [1.29, 1.82) is 0 Å². The second-order valence-corrected chi connectivity index (χ2v) is 5.20. The van der Waals surface area contributed by atoms with E-state index < -0.39 is 0 Å². The average Bonchev–Trinajstić information content (AvgIpc) is 3.01. The maximum atomic E-state index is 12.3. The second-order valence-electron chi connectivity index (χ2n) is 5.20. The van der Waals surface area contributed by atoms with Crippen LogP contribution in [0.5, 0.6) is 0 Å². The monoisotopic (exact) mass is 264 g/mol. The van der Waals surface area contributed by atoms with Crippen LogP contribution >= 0.6 is 0 Å². The first-order valence-corrected chi connectivity index (χ1v) is 7.05. The molecule has 1 heterocycles. The molecular formula is C18H18NO. The summed E-state index contributed by atoms with van der Waals surface area (Å²) in [5.74, 6) is 0.0895. The lowest BCUT2D eigenvalue weighted by Crippen LogP contribution is -2.18. The van der Waals surface area contributed by atoms with Gasteiger partial charge in [0.2, 0.25) is 0 Å². The van der Waals surface area contributed by atoms with E-state index in [9.17, 15) is 4.79 Å². The molecule has 1 radical (unpaired) electrons. The molecule has 0 unspecified atom stereocenters. The predicted molar refractivity (Wildman–Crippen MR) is 80.5 cm³/mol. The van der Waals surface area contributed by atoms with Crippen LogP contribution in [0.1, 0.15) is 27.9 Å². The molecule has 2 nitrogen and oxygen atoms in total. The fourth-order valence-corrected chi connectivity index (χ4v) is 2.56. The van der Waals surface area contributed by atoms with Gasteiger partial charge in [-0.3, -0.25) is 9.69 Å². The number of likely N-dealkylation sites (tertiary alicyclic amines) is 1. The SMILES string of the molecule is O=C(c1ccccc1)c1ccc(CN2C[CH]CC2)cc1. The number of nitrogens with zero attached hydrogens (tertiary/aromatic N) is 1. The van der Waals surface area contributed by atoms with E-state index in [-0.39, 0.29) is 5.78 Å². The van der Waals surface area contributed by atoms with Crippen molar-refractivity contribution in [2.45, 2.75) is 13.0 Å². The normalized spacial score (nSPS) is 15.4. The summed E-state index contributed by atoms with van der Waals surface area (Å²) in [5.41, 5.74) is 2.77. The van der Waals surface area contributed by atoms with Crippen molar-refractivity contribution >= 4 is 5.78 Å². The maximum Gasteiger partial charge on any atom is 0.193 e. The van der Waals surface area contributed by atoms with Gasteiger partial charge in [0.05, 0.1) is 0 Å². The molecular weight excluding hydrogens is 246 g/mol. The minimum absolute atomic E-state index is 0.0895. The van der Waals surface area contributed by atoms with Gasteiger partial charge >= 0.3 is 0 Å². The Balaban J connectivity index is 1.71. The molecule has 101 valence electrons. The molecule has 2 aromatic carbocycles. The van der Waals surface area contributed by atoms with E-state index in [1.165, 1.54) is 12.0 Å². The Morgan fingerprint density at radius 1 is 0.950 bits per heavy atom. The molecule has 20 heavy (non-hydrogen) atoms. The van der Waals surface area contributed by atoms with Crippen LogP contribution in [0.4, 0.5) is 0 Å². The van der Waals surface area contributed by atoms with E-state index in [4.69, 9.17) is 0 Å². The van der Waals surface area contributed by atoms with Gasteiger partial charge in [0, 0.05) is 24.2 Å². The minimum atomic E-state index is 0.0895. The Hall–Kier alpha value is -1.93. The Bertz CT molecular complexity index is 568.